The first kappa shape index (κ1) is 16.7. The Morgan fingerprint density at radius 2 is 2.00 bits per heavy atom. The van der Waals surface area contributed by atoms with Gasteiger partial charge in [-0.15, -0.1) is 0 Å². The van der Waals surface area contributed by atoms with E-state index in [1.54, 1.807) is 0 Å². The minimum atomic E-state index is 0.192. The van der Waals surface area contributed by atoms with Gasteiger partial charge in [-0.2, -0.15) is 0 Å². The Bertz CT molecular complexity index is 768. The van der Waals surface area contributed by atoms with Crippen molar-refractivity contribution in [3.05, 3.63) is 58.1 Å². The summed E-state index contributed by atoms with van der Waals surface area (Å²) in [6, 6.07) is 12.4. The second kappa shape index (κ2) is 6.89. The second-order valence-electron chi connectivity index (χ2n) is 7.04. The maximum Gasteiger partial charge on any atom is 0.126 e. The fraction of sp³-hybridized carbons (Fsp3) is 0.429. The number of hydrogen-bond donors (Lipinski definition) is 1. The number of nitrogens with one attached hydrogen (secondary N) is 1. The third-order valence-corrected chi connectivity index (χ3v) is 5.87. The van der Waals surface area contributed by atoms with Crippen LogP contribution < -0.4 is 14.8 Å². The molecular formula is C21H24ClNO2. The molecule has 2 aromatic carbocycles. The van der Waals surface area contributed by atoms with Crippen LogP contribution in [0.3, 0.4) is 0 Å². The van der Waals surface area contributed by atoms with Gasteiger partial charge < -0.3 is 14.8 Å². The summed E-state index contributed by atoms with van der Waals surface area (Å²) in [7, 11) is 0. The standard InChI is InChI=1S/C21H24ClNO2/c1-2-15-3-6-19(22)16(11-15)13-24-17-4-5-18-20(12-17)25-14-21(18)7-9-23-10-8-21/h3-6,11-12,23H,2,7-10,13-14H2,1H3. The summed E-state index contributed by atoms with van der Waals surface area (Å²) in [4.78, 5) is 0. The number of aryl methyl sites for hydroxylation is 1. The molecule has 1 N–H and O–H groups in total. The van der Waals surface area contributed by atoms with Gasteiger partial charge in [-0.25, -0.2) is 0 Å². The highest BCUT2D eigenvalue weighted by atomic mass is 35.5. The first-order valence-electron chi connectivity index (χ1n) is 9.08. The zero-order chi connectivity index (χ0) is 17.3. The van der Waals surface area contributed by atoms with Crippen LogP contribution in [0, 0.1) is 0 Å². The zero-order valence-electron chi connectivity index (χ0n) is 14.6. The highest BCUT2D eigenvalue weighted by molar-refractivity contribution is 6.31. The van der Waals surface area contributed by atoms with Crippen LogP contribution in [0.15, 0.2) is 36.4 Å². The lowest BCUT2D eigenvalue weighted by Crippen LogP contribution is -2.40. The van der Waals surface area contributed by atoms with Crippen molar-refractivity contribution >= 4 is 11.6 Å². The number of rotatable bonds is 4. The number of piperidine rings is 1. The molecule has 3 nitrogen and oxygen atoms in total. The van der Waals surface area contributed by atoms with Crippen molar-refractivity contribution in [2.75, 3.05) is 19.7 Å². The van der Waals surface area contributed by atoms with E-state index in [1.807, 2.05) is 12.1 Å². The molecule has 0 saturated carbocycles. The molecule has 0 bridgehead atoms. The van der Waals surface area contributed by atoms with Gasteiger partial charge in [0.2, 0.25) is 0 Å². The molecule has 2 aliphatic rings. The average molecular weight is 358 g/mol. The van der Waals surface area contributed by atoms with Crippen molar-refractivity contribution in [3.63, 3.8) is 0 Å². The van der Waals surface area contributed by atoms with Crippen molar-refractivity contribution in [1.29, 1.82) is 0 Å². The van der Waals surface area contributed by atoms with Crippen molar-refractivity contribution in [2.24, 2.45) is 0 Å². The van der Waals surface area contributed by atoms with Crippen LogP contribution in [0.5, 0.6) is 11.5 Å². The molecule has 0 atom stereocenters. The first-order valence-corrected chi connectivity index (χ1v) is 9.46. The zero-order valence-corrected chi connectivity index (χ0v) is 15.4. The van der Waals surface area contributed by atoms with Gasteiger partial charge in [-0.1, -0.05) is 36.7 Å². The van der Waals surface area contributed by atoms with Crippen LogP contribution in [0.25, 0.3) is 0 Å². The summed E-state index contributed by atoms with van der Waals surface area (Å²) >= 11 is 6.30. The van der Waals surface area contributed by atoms with Gasteiger partial charge in [-0.3, -0.25) is 0 Å². The topological polar surface area (TPSA) is 30.5 Å². The summed E-state index contributed by atoms with van der Waals surface area (Å²) < 4.78 is 12.0. The number of hydrogen-bond acceptors (Lipinski definition) is 3. The maximum absolute atomic E-state index is 6.30. The smallest absolute Gasteiger partial charge is 0.126 e. The molecule has 1 fully saturated rings. The van der Waals surface area contributed by atoms with Crippen molar-refractivity contribution < 1.29 is 9.47 Å². The normalized spacial score (nSPS) is 18.0. The Morgan fingerprint density at radius 3 is 2.80 bits per heavy atom. The van der Waals surface area contributed by atoms with E-state index in [-0.39, 0.29) is 5.41 Å². The monoisotopic (exact) mass is 357 g/mol. The highest BCUT2D eigenvalue weighted by Gasteiger charge is 2.41. The van der Waals surface area contributed by atoms with Gasteiger partial charge in [-0.05, 0) is 50.0 Å². The van der Waals surface area contributed by atoms with Crippen LogP contribution in [0.4, 0.5) is 0 Å². The Balaban J connectivity index is 1.50. The van der Waals surface area contributed by atoms with Gasteiger partial charge in [0, 0.05) is 27.6 Å². The third kappa shape index (κ3) is 3.23. The molecule has 4 rings (SSSR count). The van der Waals surface area contributed by atoms with E-state index in [4.69, 9.17) is 21.1 Å². The van der Waals surface area contributed by atoms with Gasteiger partial charge in [0.15, 0.2) is 0 Å². The lowest BCUT2D eigenvalue weighted by molar-refractivity contribution is 0.220. The summed E-state index contributed by atoms with van der Waals surface area (Å²) in [6.07, 6.45) is 3.27. The van der Waals surface area contributed by atoms with E-state index in [0.717, 1.165) is 61.0 Å². The van der Waals surface area contributed by atoms with Crippen LogP contribution in [0.1, 0.15) is 36.5 Å². The number of fused-ring (bicyclic) bond motifs is 2. The first-order chi connectivity index (χ1) is 12.2. The van der Waals surface area contributed by atoms with Crippen molar-refractivity contribution in [3.8, 4) is 11.5 Å². The molecule has 0 aliphatic carbocycles. The van der Waals surface area contributed by atoms with Gasteiger partial charge in [0.25, 0.3) is 0 Å². The quantitative estimate of drug-likeness (QED) is 0.874. The lowest BCUT2D eigenvalue weighted by atomic mass is 9.75. The molecule has 2 heterocycles. The van der Waals surface area contributed by atoms with E-state index >= 15 is 0 Å². The number of ether oxygens (including phenoxy) is 2. The van der Waals surface area contributed by atoms with Crippen LogP contribution in [-0.2, 0) is 18.4 Å². The summed E-state index contributed by atoms with van der Waals surface area (Å²) in [5.74, 6) is 1.82. The third-order valence-electron chi connectivity index (χ3n) is 5.50. The van der Waals surface area contributed by atoms with Crippen LogP contribution >= 0.6 is 11.6 Å². The molecule has 0 amide bonds. The fourth-order valence-electron chi connectivity index (χ4n) is 3.88. The predicted molar refractivity (Wildman–Crippen MR) is 101 cm³/mol. The maximum atomic E-state index is 6.30. The highest BCUT2D eigenvalue weighted by Crippen LogP contribution is 2.45. The van der Waals surface area contributed by atoms with Crippen LogP contribution in [-0.4, -0.2) is 19.7 Å². The number of benzene rings is 2. The summed E-state index contributed by atoms with van der Waals surface area (Å²) in [6.45, 7) is 5.53. The molecule has 4 heteroatoms. The Morgan fingerprint density at radius 1 is 1.16 bits per heavy atom. The summed E-state index contributed by atoms with van der Waals surface area (Å²) in [5.41, 5.74) is 3.83. The van der Waals surface area contributed by atoms with E-state index in [0.29, 0.717) is 6.61 Å². The van der Waals surface area contributed by atoms with E-state index in [1.165, 1.54) is 11.1 Å². The fourth-order valence-corrected chi connectivity index (χ4v) is 4.05. The van der Waals surface area contributed by atoms with Gasteiger partial charge in [0.1, 0.15) is 18.1 Å². The van der Waals surface area contributed by atoms with Crippen molar-refractivity contribution in [1.82, 2.24) is 5.32 Å². The average Bonchev–Trinajstić information content (AvgIpc) is 2.99. The minimum Gasteiger partial charge on any atom is -0.492 e. The molecule has 25 heavy (non-hydrogen) atoms. The Kier molecular flexibility index (Phi) is 4.61. The van der Waals surface area contributed by atoms with Gasteiger partial charge >= 0.3 is 0 Å². The van der Waals surface area contributed by atoms with Crippen molar-refractivity contribution in [2.45, 2.75) is 38.2 Å². The molecule has 2 aromatic rings. The predicted octanol–water partition coefficient (Wildman–Crippen LogP) is 4.50. The largest absolute Gasteiger partial charge is 0.492 e. The molecule has 132 valence electrons. The Labute approximate surface area is 154 Å². The molecule has 1 saturated heterocycles. The lowest BCUT2D eigenvalue weighted by Gasteiger charge is -2.32. The molecule has 1 spiro atoms. The number of halogens is 1. The van der Waals surface area contributed by atoms with E-state index < -0.39 is 0 Å². The second-order valence-corrected chi connectivity index (χ2v) is 7.45. The summed E-state index contributed by atoms with van der Waals surface area (Å²) in [5, 5.41) is 4.19. The SMILES string of the molecule is CCc1ccc(Cl)c(COc2ccc3c(c2)OCC32CCNCC2)c1. The van der Waals surface area contributed by atoms with E-state index in [9.17, 15) is 0 Å². The molecular weight excluding hydrogens is 334 g/mol. The van der Waals surface area contributed by atoms with E-state index in [2.05, 4.69) is 36.5 Å². The van der Waals surface area contributed by atoms with Crippen LogP contribution in [0.2, 0.25) is 5.02 Å². The molecule has 2 aliphatic heterocycles. The molecule has 0 aromatic heterocycles. The minimum absolute atomic E-state index is 0.192. The Hall–Kier alpha value is -1.71. The van der Waals surface area contributed by atoms with Gasteiger partial charge in [0.05, 0.1) is 6.61 Å². The molecule has 0 radical (unpaired) electrons. The molecule has 0 unspecified atom stereocenters.